The van der Waals surface area contributed by atoms with E-state index in [1.807, 2.05) is 6.07 Å². The SMILES string of the molecule is CCCC1CCC(C2CCc3cc(-c4cc(F)c(C#N)c(F)c4)ccc3C2)CC1. The maximum Gasteiger partial charge on any atom is 0.144 e. The molecule has 0 saturated heterocycles. The van der Waals surface area contributed by atoms with Crippen molar-refractivity contribution in [1.29, 1.82) is 5.26 Å². The van der Waals surface area contributed by atoms with Crippen molar-refractivity contribution in [3.63, 3.8) is 0 Å². The van der Waals surface area contributed by atoms with Gasteiger partial charge >= 0.3 is 0 Å². The number of halogens is 2. The summed E-state index contributed by atoms with van der Waals surface area (Å²) in [5, 5.41) is 8.86. The van der Waals surface area contributed by atoms with Crippen molar-refractivity contribution in [1.82, 2.24) is 0 Å². The van der Waals surface area contributed by atoms with E-state index in [1.165, 1.54) is 68.2 Å². The third-order valence-corrected chi connectivity index (χ3v) is 7.22. The van der Waals surface area contributed by atoms with E-state index in [0.717, 1.165) is 36.2 Å². The lowest BCUT2D eigenvalue weighted by Gasteiger charge is -2.36. The normalized spacial score (nSPS) is 24.0. The molecule has 3 heteroatoms. The van der Waals surface area contributed by atoms with Gasteiger partial charge in [-0.15, -0.1) is 0 Å². The largest absolute Gasteiger partial charge is 0.205 e. The van der Waals surface area contributed by atoms with Crippen LogP contribution in [0.25, 0.3) is 11.1 Å². The molecule has 0 bridgehead atoms. The molecule has 2 aliphatic rings. The maximum absolute atomic E-state index is 14.0. The van der Waals surface area contributed by atoms with Gasteiger partial charge in [-0.2, -0.15) is 5.26 Å². The van der Waals surface area contributed by atoms with Gasteiger partial charge in [0.25, 0.3) is 0 Å². The molecule has 2 aliphatic carbocycles. The van der Waals surface area contributed by atoms with Crippen molar-refractivity contribution in [3.05, 3.63) is 58.7 Å². The van der Waals surface area contributed by atoms with Gasteiger partial charge < -0.3 is 0 Å². The maximum atomic E-state index is 14.0. The molecule has 29 heavy (non-hydrogen) atoms. The summed E-state index contributed by atoms with van der Waals surface area (Å²) in [7, 11) is 0. The van der Waals surface area contributed by atoms with Crippen molar-refractivity contribution in [2.75, 3.05) is 0 Å². The Bertz CT molecular complexity index is 896. The van der Waals surface area contributed by atoms with Crippen molar-refractivity contribution >= 4 is 0 Å². The first-order chi connectivity index (χ1) is 14.1. The second kappa shape index (κ2) is 8.66. The highest BCUT2D eigenvalue weighted by atomic mass is 19.1. The summed E-state index contributed by atoms with van der Waals surface area (Å²) < 4.78 is 28.0. The third kappa shape index (κ3) is 4.22. The first kappa shape index (κ1) is 20.1. The van der Waals surface area contributed by atoms with Gasteiger partial charge in [-0.05, 0) is 84.2 Å². The number of fused-ring (bicyclic) bond motifs is 1. The lowest BCUT2D eigenvalue weighted by Crippen LogP contribution is -2.26. The van der Waals surface area contributed by atoms with Crippen molar-refractivity contribution in [2.45, 2.75) is 64.7 Å². The summed E-state index contributed by atoms with van der Waals surface area (Å²) in [6, 6.07) is 10.3. The van der Waals surface area contributed by atoms with Gasteiger partial charge in [-0.3, -0.25) is 0 Å². The number of hydrogen-bond donors (Lipinski definition) is 0. The average Bonchev–Trinajstić information content (AvgIpc) is 2.73. The van der Waals surface area contributed by atoms with Crippen LogP contribution in [0.2, 0.25) is 0 Å². The quantitative estimate of drug-likeness (QED) is 0.538. The predicted octanol–water partition coefficient (Wildman–Crippen LogP) is 7.21. The summed E-state index contributed by atoms with van der Waals surface area (Å²) in [5.74, 6) is 0.999. The number of rotatable bonds is 4. The van der Waals surface area contributed by atoms with E-state index < -0.39 is 17.2 Å². The Balaban J connectivity index is 1.48. The van der Waals surface area contributed by atoms with Gasteiger partial charge in [0.05, 0.1) is 0 Å². The summed E-state index contributed by atoms with van der Waals surface area (Å²) >= 11 is 0. The van der Waals surface area contributed by atoms with E-state index in [4.69, 9.17) is 5.26 Å². The Kier molecular flexibility index (Phi) is 5.99. The Morgan fingerprint density at radius 3 is 2.28 bits per heavy atom. The van der Waals surface area contributed by atoms with Crippen LogP contribution in [0.15, 0.2) is 30.3 Å². The summed E-state index contributed by atoms with van der Waals surface area (Å²) in [6.45, 7) is 2.29. The molecule has 1 saturated carbocycles. The molecule has 0 spiro atoms. The first-order valence-corrected chi connectivity index (χ1v) is 11.1. The van der Waals surface area contributed by atoms with Crippen LogP contribution < -0.4 is 0 Å². The molecule has 1 unspecified atom stereocenters. The number of benzene rings is 2. The molecular weight excluding hydrogens is 364 g/mol. The molecule has 1 fully saturated rings. The Labute approximate surface area is 172 Å². The molecule has 2 aromatic carbocycles. The molecule has 0 N–H and O–H groups in total. The van der Waals surface area contributed by atoms with Crippen molar-refractivity contribution in [2.24, 2.45) is 17.8 Å². The van der Waals surface area contributed by atoms with Gasteiger partial charge in [0.2, 0.25) is 0 Å². The molecule has 0 heterocycles. The minimum absolute atomic E-state index is 0.498. The molecule has 1 atom stereocenters. The van der Waals surface area contributed by atoms with Crippen molar-refractivity contribution in [3.8, 4) is 17.2 Å². The highest BCUT2D eigenvalue weighted by Crippen LogP contribution is 2.41. The third-order valence-electron chi connectivity index (χ3n) is 7.22. The molecule has 0 aliphatic heterocycles. The van der Waals surface area contributed by atoms with Gasteiger partial charge in [0.1, 0.15) is 23.3 Å². The van der Waals surface area contributed by atoms with Gasteiger partial charge in [0.15, 0.2) is 0 Å². The monoisotopic (exact) mass is 393 g/mol. The molecule has 0 amide bonds. The number of nitrogens with zero attached hydrogens (tertiary/aromatic N) is 1. The number of hydrogen-bond acceptors (Lipinski definition) is 1. The first-order valence-electron chi connectivity index (χ1n) is 11.1. The minimum atomic E-state index is -0.793. The molecule has 4 rings (SSSR count). The fraction of sp³-hybridized carbons (Fsp3) is 0.500. The van der Waals surface area contributed by atoms with Crippen LogP contribution in [0.5, 0.6) is 0 Å². The van der Waals surface area contributed by atoms with Crippen LogP contribution in [0, 0.1) is 40.7 Å². The van der Waals surface area contributed by atoms with E-state index >= 15 is 0 Å². The fourth-order valence-corrected chi connectivity index (χ4v) is 5.57. The predicted molar refractivity (Wildman–Crippen MR) is 112 cm³/mol. The number of nitriles is 1. The van der Waals surface area contributed by atoms with Crippen LogP contribution >= 0.6 is 0 Å². The summed E-state index contributed by atoms with van der Waals surface area (Å²) in [4.78, 5) is 0. The van der Waals surface area contributed by atoms with E-state index in [9.17, 15) is 8.78 Å². The second-order valence-electron chi connectivity index (χ2n) is 8.98. The highest BCUT2D eigenvalue weighted by molar-refractivity contribution is 5.66. The summed E-state index contributed by atoms with van der Waals surface area (Å²) in [6.07, 6.45) is 11.7. The molecule has 2 aromatic rings. The zero-order chi connectivity index (χ0) is 20.4. The molecular formula is C26H29F2N. The smallest absolute Gasteiger partial charge is 0.144 e. The van der Waals surface area contributed by atoms with Crippen LogP contribution in [0.1, 0.15) is 68.6 Å². The standard InChI is InChI=1S/C26H29F2N/c1-2-3-17-4-6-18(7-5-17)19-8-9-21-13-22(11-10-20(21)12-19)23-14-25(27)24(16-29)26(28)15-23/h10-11,13-15,17-19H,2-9,12H2,1H3. The van der Waals surface area contributed by atoms with E-state index in [2.05, 4.69) is 19.1 Å². The van der Waals surface area contributed by atoms with E-state index in [1.54, 1.807) is 6.07 Å². The fourth-order valence-electron chi connectivity index (χ4n) is 5.57. The van der Waals surface area contributed by atoms with E-state index in [-0.39, 0.29) is 0 Å². The molecule has 152 valence electrons. The minimum Gasteiger partial charge on any atom is -0.205 e. The Morgan fingerprint density at radius 1 is 0.897 bits per heavy atom. The number of aryl methyl sites for hydroxylation is 1. The topological polar surface area (TPSA) is 23.8 Å². The van der Waals surface area contributed by atoms with Crippen LogP contribution in [0.4, 0.5) is 8.78 Å². The molecule has 0 radical (unpaired) electrons. The van der Waals surface area contributed by atoms with Gasteiger partial charge in [0, 0.05) is 0 Å². The Hall–Kier alpha value is -2.21. The molecule has 1 nitrogen and oxygen atoms in total. The lowest BCUT2D eigenvalue weighted by atomic mass is 9.69. The van der Waals surface area contributed by atoms with Crippen molar-refractivity contribution < 1.29 is 8.78 Å². The average molecular weight is 394 g/mol. The van der Waals surface area contributed by atoms with E-state index in [0.29, 0.717) is 5.56 Å². The van der Waals surface area contributed by atoms with Gasteiger partial charge in [-0.1, -0.05) is 50.8 Å². The molecule has 0 aromatic heterocycles. The lowest BCUT2D eigenvalue weighted by molar-refractivity contribution is 0.184. The summed E-state index contributed by atoms with van der Waals surface area (Å²) in [5.41, 5.74) is 3.52. The zero-order valence-corrected chi connectivity index (χ0v) is 17.2. The van der Waals surface area contributed by atoms with Crippen LogP contribution in [0.3, 0.4) is 0 Å². The zero-order valence-electron chi connectivity index (χ0n) is 17.2. The second-order valence-corrected chi connectivity index (χ2v) is 8.98. The van der Waals surface area contributed by atoms with Gasteiger partial charge in [-0.25, -0.2) is 8.78 Å². The van der Waals surface area contributed by atoms with Crippen LogP contribution in [-0.4, -0.2) is 0 Å². The van der Waals surface area contributed by atoms with Crippen LogP contribution in [-0.2, 0) is 12.8 Å². The highest BCUT2D eigenvalue weighted by Gasteiger charge is 2.30. The Morgan fingerprint density at radius 2 is 1.62 bits per heavy atom.